The van der Waals surface area contributed by atoms with E-state index in [-0.39, 0.29) is 0 Å². The molecule has 0 aliphatic carbocycles. The fraction of sp³-hybridized carbons (Fsp3) is 0.400. The highest BCUT2D eigenvalue weighted by molar-refractivity contribution is 7.99. The molecule has 0 saturated heterocycles. The number of hydrogen-bond donors (Lipinski definition) is 2. The zero-order valence-corrected chi connectivity index (χ0v) is 8.39. The molecule has 0 heterocycles. The van der Waals surface area contributed by atoms with Gasteiger partial charge in [0, 0.05) is 17.2 Å². The standard InChI is InChI=1S/C10H15NOS/c11-9-3-5-10(6-4-9)13-8-2-1-7-12/h3-6,12H,1-2,7-8,11H2. The quantitative estimate of drug-likeness (QED) is 0.432. The van der Waals surface area contributed by atoms with Crippen LogP contribution in [0.1, 0.15) is 12.8 Å². The molecule has 1 aromatic carbocycles. The lowest BCUT2D eigenvalue weighted by Crippen LogP contribution is -1.86. The van der Waals surface area contributed by atoms with E-state index >= 15 is 0 Å². The second-order valence-electron chi connectivity index (χ2n) is 2.85. The fourth-order valence-electron chi connectivity index (χ4n) is 0.968. The van der Waals surface area contributed by atoms with Crippen LogP contribution >= 0.6 is 11.8 Å². The lowest BCUT2D eigenvalue weighted by molar-refractivity contribution is 0.287. The van der Waals surface area contributed by atoms with Gasteiger partial charge in [0.25, 0.3) is 0 Å². The molecule has 1 rings (SSSR count). The number of benzene rings is 1. The number of anilines is 1. The molecule has 13 heavy (non-hydrogen) atoms. The molecule has 0 atom stereocenters. The summed E-state index contributed by atoms with van der Waals surface area (Å²) in [7, 11) is 0. The third-order valence-corrected chi connectivity index (χ3v) is 2.80. The van der Waals surface area contributed by atoms with Gasteiger partial charge in [-0.2, -0.15) is 0 Å². The average molecular weight is 197 g/mol. The molecule has 0 amide bonds. The Morgan fingerprint density at radius 1 is 1.15 bits per heavy atom. The number of aliphatic hydroxyl groups is 1. The number of unbranched alkanes of at least 4 members (excludes halogenated alkanes) is 1. The van der Waals surface area contributed by atoms with Crippen molar-refractivity contribution in [3.8, 4) is 0 Å². The molecule has 0 spiro atoms. The zero-order valence-electron chi connectivity index (χ0n) is 7.57. The largest absolute Gasteiger partial charge is 0.399 e. The van der Waals surface area contributed by atoms with Crippen LogP contribution in [0.4, 0.5) is 5.69 Å². The Kier molecular flexibility index (Phi) is 4.72. The van der Waals surface area contributed by atoms with Crippen molar-refractivity contribution in [1.82, 2.24) is 0 Å². The lowest BCUT2D eigenvalue weighted by atomic mass is 10.3. The second kappa shape index (κ2) is 5.89. The smallest absolute Gasteiger partial charge is 0.0431 e. The molecule has 1 aromatic rings. The molecule has 0 fully saturated rings. The minimum absolute atomic E-state index is 0.294. The van der Waals surface area contributed by atoms with E-state index in [1.807, 2.05) is 24.3 Å². The Balaban J connectivity index is 2.25. The van der Waals surface area contributed by atoms with Crippen LogP contribution in [0.2, 0.25) is 0 Å². The Morgan fingerprint density at radius 3 is 2.46 bits per heavy atom. The number of nitrogens with two attached hydrogens (primary N) is 1. The molecule has 0 aliphatic heterocycles. The highest BCUT2D eigenvalue weighted by atomic mass is 32.2. The molecule has 0 aliphatic rings. The van der Waals surface area contributed by atoms with Crippen LogP contribution in [0.3, 0.4) is 0 Å². The summed E-state index contributed by atoms with van der Waals surface area (Å²) in [5.74, 6) is 1.06. The molecule has 0 aromatic heterocycles. The number of thioether (sulfide) groups is 1. The van der Waals surface area contributed by atoms with E-state index in [1.54, 1.807) is 11.8 Å². The lowest BCUT2D eigenvalue weighted by Gasteiger charge is -2.00. The monoisotopic (exact) mass is 197 g/mol. The Bertz CT molecular complexity index is 235. The first-order chi connectivity index (χ1) is 6.33. The molecule has 2 nitrogen and oxygen atoms in total. The first kappa shape index (κ1) is 10.4. The first-order valence-electron chi connectivity index (χ1n) is 4.42. The van der Waals surface area contributed by atoms with Crippen molar-refractivity contribution in [2.75, 3.05) is 18.1 Å². The maximum absolute atomic E-state index is 8.57. The predicted octanol–water partition coefficient (Wildman–Crippen LogP) is 2.13. The van der Waals surface area contributed by atoms with Gasteiger partial charge in [-0.3, -0.25) is 0 Å². The highest BCUT2D eigenvalue weighted by Gasteiger charge is 1.93. The number of rotatable bonds is 5. The van der Waals surface area contributed by atoms with E-state index < -0.39 is 0 Å². The van der Waals surface area contributed by atoms with Crippen LogP contribution in [-0.4, -0.2) is 17.5 Å². The normalized spacial score (nSPS) is 10.2. The van der Waals surface area contributed by atoms with Crippen molar-refractivity contribution < 1.29 is 5.11 Å². The molecule has 0 unspecified atom stereocenters. The van der Waals surface area contributed by atoms with Gasteiger partial charge in [0.2, 0.25) is 0 Å². The van der Waals surface area contributed by atoms with Crippen LogP contribution in [-0.2, 0) is 0 Å². The Hall–Kier alpha value is -0.670. The summed E-state index contributed by atoms with van der Waals surface area (Å²) in [6, 6.07) is 7.88. The average Bonchev–Trinajstić information content (AvgIpc) is 2.15. The van der Waals surface area contributed by atoms with Gasteiger partial charge in [0.05, 0.1) is 0 Å². The van der Waals surface area contributed by atoms with Gasteiger partial charge in [-0.15, -0.1) is 11.8 Å². The summed E-state index contributed by atoms with van der Waals surface area (Å²) in [5.41, 5.74) is 6.37. The van der Waals surface area contributed by atoms with E-state index in [0.29, 0.717) is 6.61 Å². The van der Waals surface area contributed by atoms with Crippen LogP contribution in [0, 0.1) is 0 Å². The Morgan fingerprint density at radius 2 is 1.85 bits per heavy atom. The summed E-state index contributed by atoms with van der Waals surface area (Å²) >= 11 is 1.80. The maximum atomic E-state index is 8.57. The molecule has 0 bridgehead atoms. The van der Waals surface area contributed by atoms with Crippen molar-refractivity contribution in [1.29, 1.82) is 0 Å². The third-order valence-electron chi connectivity index (χ3n) is 1.70. The van der Waals surface area contributed by atoms with Crippen molar-refractivity contribution >= 4 is 17.4 Å². The van der Waals surface area contributed by atoms with E-state index in [2.05, 4.69) is 0 Å². The molecule has 3 N–H and O–H groups in total. The van der Waals surface area contributed by atoms with E-state index in [1.165, 1.54) is 4.90 Å². The van der Waals surface area contributed by atoms with Crippen molar-refractivity contribution in [3.63, 3.8) is 0 Å². The molecular weight excluding hydrogens is 182 g/mol. The van der Waals surface area contributed by atoms with Gasteiger partial charge in [-0.05, 0) is 42.9 Å². The molecule has 0 radical (unpaired) electrons. The summed E-state index contributed by atoms with van der Waals surface area (Å²) in [6.07, 6.45) is 1.95. The van der Waals surface area contributed by atoms with Crippen LogP contribution in [0.15, 0.2) is 29.2 Å². The fourth-order valence-corrected chi connectivity index (χ4v) is 1.88. The molecule has 0 saturated carbocycles. The zero-order chi connectivity index (χ0) is 9.52. The van der Waals surface area contributed by atoms with Crippen LogP contribution in [0.25, 0.3) is 0 Å². The van der Waals surface area contributed by atoms with Gasteiger partial charge >= 0.3 is 0 Å². The number of aliphatic hydroxyl groups excluding tert-OH is 1. The molecular formula is C10H15NOS. The van der Waals surface area contributed by atoms with Gasteiger partial charge in [0.15, 0.2) is 0 Å². The second-order valence-corrected chi connectivity index (χ2v) is 4.02. The van der Waals surface area contributed by atoms with Gasteiger partial charge in [0.1, 0.15) is 0 Å². The van der Waals surface area contributed by atoms with Gasteiger partial charge in [-0.1, -0.05) is 0 Å². The van der Waals surface area contributed by atoms with Crippen molar-refractivity contribution in [2.24, 2.45) is 0 Å². The number of nitrogen functional groups attached to an aromatic ring is 1. The third kappa shape index (κ3) is 4.20. The van der Waals surface area contributed by atoms with Gasteiger partial charge < -0.3 is 10.8 Å². The maximum Gasteiger partial charge on any atom is 0.0431 e. The summed E-state index contributed by atoms with van der Waals surface area (Å²) in [4.78, 5) is 1.24. The molecule has 72 valence electrons. The first-order valence-corrected chi connectivity index (χ1v) is 5.40. The predicted molar refractivity (Wildman–Crippen MR) is 57.9 cm³/mol. The Labute approximate surface area is 83.1 Å². The minimum atomic E-state index is 0.294. The topological polar surface area (TPSA) is 46.2 Å². The van der Waals surface area contributed by atoms with Crippen LogP contribution < -0.4 is 5.73 Å². The van der Waals surface area contributed by atoms with E-state index in [0.717, 1.165) is 24.3 Å². The van der Waals surface area contributed by atoms with E-state index in [9.17, 15) is 0 Å². The van der Waals surface area contributed by atoms with Crippen LogP contribution in [0.5, 0.6) is 0 Å². The SMILES string of the molecule is Nc1ccc(SCCCCO)cc1. The highest BCUT2D eigenvalue weighted by Crippen LogP contribution is 2.20. The van der Waals surface area contributed by atoms with Crippen molar-refractivity contribution in [2.45, 2.75) is 17.7 Å². The summed E-state index contributed by atoms with van der Waals surface area (Å²) in [5, 5.41) is 8.57. The summed E-state index contributed by atoms with van der Waals surface area (Å²) in [6.45, 7) is 0.294. The molecule has 3 heteroatoms. The summed E-state index contributed by atoms with van der Waals surface area (Å²) < 4.78 is 0. The van der Waals surface area contributed by atoms with Gasteiger partial charge in [-0.25, -0.2) is 0 Å². The minimum Gasteiger partial charge on any atom is -0.399 e. The van der Waals surface area contributed by atoms with E-state index in [4.69, 9.17) is 10.8 Å². The van der Waals surface area contributed by atoms with Crippen molar-refractivity contribution in [3.05, 3.63) is 24.3 Å². The number of hydrogen-bond acceptors (Lipinski definition) is 3.